The van der Waals surface area contributed by atoms with Crippen molar-refractivity contribution in [3.8, 4) is 0 Å². The summed E-state index contributed by atoms with van der Waals surface area (Å²) in [4.78, 5) is 0. The van der Waals surface area contributed by atoms with E-state index in [1.807, 2.05) is 18.2 Å². The molecule has 0 atom stereocenters. The van der Waals surface area contributed by atoms with E-state index < -0.39 is 7.12 Å². The molecule has 1 rings (SSSR count). The summed E-state index contributed by atoms with van der Waals surface area (Å²) in [7, 11) is -0.0885. The van der Waals surface area contributed by atoms with Gasteiger partial charge in [0.05, 0.1) is 0 Å². The minimum absolute atomic E-state index is 0.262. The predicted molar refractivity (Wildman–Crippen MR) is 83.2 cm³/mol. The van der Waals surface area contributed by atoms with Gasteiger partial charge in [0.25, 0.3) is 0 Å². The zero-order valence-electron chi connectivity index (χ0n) is 10.9. The normalized spacial score (nSPS) is 11.7. The summed E-state index contributed by atoms with van der Waals surface area (Å²) >= 11 is 0. The minimum atomic E-state index is -1.26. The van der Waals surface area contributed by atoms with Crippen molar-refractivity contribution in [1.29, 1.82) is 0 Å². The van der Waals surface area contributed by atoms with Crippen LogP contribution >= 0.6 is 8.19 Å². The van der Waals surface area contributed by atoms with Gasteiger partial charge in [-0.1, -0.05) is 32.5 Å². The van der Waals surface area contributed by atoms with Gasteiger partial charge < -0.3 is 21.1 Å². The van der Waals surface area contributed by atoms with Crippen LogP contribution in [0.15, 0.2) is 42.0 Å². The highest BCUT2D eigenvalue weighted by Crippen LogP contribution is 2.17. The molecule has 1 aromatic heterocycles. The number of allylic oxidation sites excluding steroid dienone is 3. The molecular weight excluding hydrogens is 258 g/mol. The molecule has 1 heterocycles. The van der Waals surface area contributed by atoms with Crippen LogP contribution < -0.4 is 11.1 Å². The fraction of sp³-hybridized carbons (Fsp3) is 0.308. The van der Waals surface area contributed by atoms with E-state index in [-0.39, 0.29) is 6.32 Å². The van der Waals surface area contributed by atoms with Crippen molar-refractivity contribution in [3.05, 3.63) is 47.5 Å². The topological polar surface area (TPSA) is 78.5 Å². The van der Waals surface area contributed by atoms with Gasteiger partial charge in [-0.15, -0.1) is 0 Å². The van der Waals surface area contributed by atoms with Crippen LogP contribution in [0.25, 0.3) is 0 Å². The Morgan fingerprint density at radius 1 is 1.26 bits per heavy atom. The molecule has 6 heteroatoms. The lowest BCUT2D eigenvalue weighted by atomic mass is 9.86. The molecule has 1 aromatic rings. The molecule has 0 aliphatic carbocycles. The summed E-state index contributed by atoms with van der Waals surface area (Å²) in [5.41, 5.74) is 7.88. The molecule has 5 N–H and O–H groups in total. The molecule has 0 spiro atoms. The SMILES string of the molecule is NCc1cpcc(NCC/C=C\C=C/CB(O)O)c1. The maximum Gasteiger partial charge on any atom is 0.455 e. The van der Waals surface area contributed by atoms with Gasteiger partial charge >= 0.3 is 7.12 Å². The first-order valence-electron chi connectivity index (χ1n) is 6.28. The van der Waals surface area contributed by atoms with Gasteiger partial charge in [0.2, 0.25) is 0 Å². The first-order chi connectivity index (χ1) is 9.22. The summed E-state index contributed by atoms with van der Waals surface area (Å²) in [6, 6.07) is 2.07. The van der Waals surface area contributed by atoms with Gasteiger partial charge in [-0.05, 0) is 29.6 Å². The number of hydrogen-bond acceptors (Lipinski definition) is 4. The van der Waals surface area contributed by atoms with Crippen molar-refractivity contribution in [3.63, 3.8) is 0 Å². The maximum atomic E-state index is 8.63. The van der Waals surface area contributed by atoms with E-state index in [9.17, 15) is 0 Å². The quantitative estimate of drug-likeness (QED) is 0.333. The summed E-state index contributed by atoms with van der Waals surface area (Å²) in [5.74, 6) is 4.22. The number of nitrogens with two attached hydrogens (primary N) is 1. The van der Waals surface area contributed by atoms with E-state index in [4.69, 9.17) is 15.8 Å². The second-order valence-corrected chi connectivity index (χ2v) is 4.89. The van der Waals surface area contributed by atoms with Crippen LogP contribution in [0, 0.1) is 0 Å². The Hall–Kier alpha value is -1.13. The zero-order valence-corrected chi connectivity index (χ0v) is 11.8. The highest BCUT2D eigenvalue weighted by atomic mass is 31.0. The third kappa shape index (κ3) is 7.80. The summed E-state index contributed by atoms with van der Waals surface area (Å²) in [6.07, 6.45) is 8.66. The summed E-state index contributed by atoms with van der Waals surface area (Å²) in [6.45, 7) is 1.44. The lowest BCUT2D eigenvalue weighted by molar-refractivity contribution is 0.411. The predicted octanol–water partition coefficient (Wildman–Crippen LogP) is 2.11. The monoisotopic (exact) mass is 278 g/mol. The van der Waals surface area contributed by atoms with Crippen molar-refractivity contribution in [2.24, 2.45) is 5.73 Å². The molecule has 0 radical (unpaired) electrons. The second kappa shape index (κ2) is 9.76. The summed E-state index contributed by atoms with van der Waals surface area (Å²) in [5, 5.41) is 20.6. The van der Waals surface area contributed by atoms with E-state index in [1.54, 1.807) is 6.08 Å². The fourth-order valence-corrected chi connectivity index (χ4v) is 2.22. The van der Waals surface area contributed by atoms with Crippen LogP contribution in [0.1, 0.15) is 12.0 Å². The van der Waals surface area contributed by atoms with Gasteiger partial charge in [0, 0.05) is 25.1 Å². The molecule has 0 aromatic carbocycles. The van der Waals surface area contributed by atoms with Crippen LogP contribution in [-0.4, -0.2) is 23.7 Å². The molecule has 0 saturated heterocycles. The Balaban J connectivity index is 2.19. The van der Waals surface area contributed by atoms with Crippen molar-refractivity contribution >= 4 is 21.0 Å². The Kier molecular flexibility index (Phi) is 8.18. The van der Waals surface area contributed by atoms with Gasteiger partial charge in [-0.2, -0.15) is 0 Å². The van der Waals surface area contributed by atoms with Gasteiger partial charge in [0.1, 0.15) is 0 Å². The smallest absolute Gasteiger partial charge is 0.427 e. The van der Waals surface area contributed by atoms with Crippen molar-refractivity contribution in [2.75, 3.05) is 11.9 Å². The molecular formula is C13H20BN2O2P. The van der Waals surface area contributed by atoms with Crippen molar-refractivity contribution in [2.45, 2.75) is 19.3 Å². The second-order valence-electron chi connectivity index (χ2n) is 4.07. The van der Waals surface area contributed by atoms with E-state index >= 15 is 0 Å². The molecule has 0 aliphatic rings. The van der Waals surface area contributed by atoms with E-state index in [2.05, 4.69) is 23.0 Å². The van der Waals surface area contributed by atoms with Crippen LogP contribution in [0.4, 0.5) is 5.69 Å². The highest BCUT2D eigenvalue weighted by molar-refractivity contribution is 7.28. The Morgan fingerprint density at radius 2 is 2.05 bits per heavy atom. The van der Waals surface area contributed by atoms with Crippen molar-refractivity contribution < 1.29 is 10.0 Å². The lowest BCUT2D eigenvalue weighted by Crippen LogP contribution is -2.07. The largest absolute Gasteiger partial charge is 0.455 e. The zero-order chi connectivity index (χ0) is 13.9. The van der Waals surface area contributed by atoms with Crippen LogP contribution in [0.3, 0.4) is 0 Å². The van der Waals surface area contributed by atoms with Crippen LogP contribution in [0.5, 0.6) is 0 Å². The molecule has 4 nitrogen and oxygen atoms in total. The third-order valence-corrected chi connectivity index (χ3v) is 3.31. The minimum Gasteiger partial charge on any atom is -0.427 e. The average molecular weight is 278 g/mol. The highest BCUT2D eigenvalue weighted by Gasteiger charge is 1.99. The first kappa shape index (κ1) is 15.9. The van der Waals surface area contributed by atoms with Crippen LogP contribution in [-0.2, 0) is 6.54 Å². The number of rotatable bonds is 8. The maximum absolute atomic E-state index is 8.63. The molecule has 0 bridgehead atoms. The Labute approximate surface area is 116 Å². The molecule has 102 valence electrons. The molecule has 0 fully saturated rings. The molecule has 0 amide bonds. The van der Waals surface area contributed by atoms with Gasteiger partial charge in [-0.3, -0.25) is 0 Å². The standard InChI is InChI=1S/C13H20BN2O2P/c15-9-12-8-13(11-19-10-12)16-7-5-3-1-2-4-6-14(17)18/h1-4,8,10-11,16-18H,5-7,9,15H2/b3-1-,4-2-. The summed E-state index contributed by atoms with van der Waals surface area (Å²) < 4.78 is 0. The molecule has 0 aliphatic heterocycles. The number of nitrogens with one attached hydrogen (secondary N) is 1. The number of hydrogen-bond donors (Lipinski definition) is 4. The fourth-order valence-electron chi connectivity index (χ4n) is 1.45. The van der Waals surface area contributed by atoms with Gasteiger partial charge in [-0.25, -0.2) is 0 Å². The average Bonchev–Trinajstić information content (AvgIpc) is 2.41. The molecule has 0 unspecified atom stereocenters. The van der Waals surface area contributed by atoms with E-state index in [1.165, 1.54) is 8.19 Å². The Bertz CT molecular complexity index is 425. The first-order valence-corrected chi connectivity index (χ1v) is 7.31. The lowest BCUT2D eigenvalue weighted by Gasteiger charge is -2.05. The van der Waals surface area contributed by atoms with E-state index in [0.29, 0.717) is 6.54 Å². The molecule has 19 heavy (non-hydrogen) atoms. The third-order valence-electron chi connectivity index (χ3n) is 2.40. The Morgan fingerprint density at radius 3 is 2.79 bits per heavy atom. The molecule has 0 saturated carbocycles. The van der Waals surface area contributed by atoms with Gasteiger partial charge in [0.15, 0.2) is 0 Å². The number of anilines is 1. The van der Waals surface area contributed by atoms with E-state index in [0.717, 1.165) is 24.2 Å². The van der Waals surface area contributed by atoms with Crippen LogP contribution in [0.2, 0.25) is 6.32 Å². The van der Waals surface area contributed by atoms with Crippen molar-refractivity contribution in [1.82, 2.24) is 0 Å².